The Bertz CT molecular complexity index is 260. The molecule has 0 saturated heterocycles. The van der Waals surface area contributed by atoms with E-state index in [1.807, 2.05) is 19.6 Å². The van der Waals surface area contributed by atoms with E-state index in [1.54, 1.807) is 13.8 Å². The van der Waals surface area contributed by atoms with E-state index in [9.17, 15) is 10.0 Å². The molecule has 0 aromatic heterocycles. The van der Waals surface area contributed by atoms with E-state index in [1.165, 1.54) is 6.21 Å². The van der Waals surface area contributed by atoms with Crippen molar-refractivity contribution in [2.75, 3.05) is 6.61 Å². The molecule has 0 aliphatic heterocycles. The van der Waals surface area contributed by atoms with Crippen molar-refractivity contribution in [3.8, 4) is 0 Å². The van der Waals surface area contributed by atoms with Crippen molar-refractivity contribution < 1.29 is 19.0 Å². The van der Waals surface area contributed by atoms with E-state index < -0.39 is 8.32 Å². The fourth-order valence-corrected chi connectivity index (χ4v) is 1.64. The summed E-state index contributed by atoms with van der Waals surface area (Å²) in [4.78, 5) is 11.6. The molecular weight excluding hydrogens is 226 g/mol. The first-order valence-electron chi connectivity index (χ1n) is 5.40. The summed E-state index contributed by atoms with van der Waals surface area (Å²) in [5.74, 6) is -0.486. The van der Waals surface area contributed by atoms with Crippen molar-refractivity contribution in [3.05, 3.63) is 5.21 Å². The largest absolute Gasteiger partial charge is 0.466 e. The van der Waals surface area contributed by atoms with E-state index in [-0.39, 0.29) is 18.3 Å². The summed E-state index contributed by atoms with van der Waals surface area (Å²) in [5.41, 5.74) is 0. The summed E-state index contributed by atoms with van der Waals surface area (Å²) < 4.78 is 9.94. The summed E-state index contributed by atoms with van der Waals surface area (Å²) in [5, 5.41) is 11.3. The fourth-order valence-electron chi connectivity index (χ4n) is 1.04. The Kier molecular flexibility index (Phi) is 6.10. The van der Waals surface area contributed by atoms with Gasteiger partial charge < -0.3 is 9.26 Å². The van der Waals surface area contributed by atoms with E-state index >= 15 is 0 Å². The number of hydrogen-bond donors (Lipinski definition) is 0. The van der Waals surface area contributed by atoms with Crippen LogP contribution in [0.4, 0.5) is 0 Å². The number of hydrogen-bond acceptors (Lipinski definition) is 4. The van der Waals surface area contributed by atoms with E-state index in [2.05, 4.69) is 0 Å². The Hall–Kier alpha value is -1.04. The second kappa shape index (κ2) is 6.52. The van der Waals surface area contributed by atoms with Gasteiger partial charge in [-0.15, -0.1) is 0 Å². The molecule has 0 fully saturated rings. The highest BCUT2D eigenvalue weighted by atomic mass is 28.4. The van der Waals surface area contributed by atoms with Crippen LogP contribution in [0.2, 0.25) is 19.6 Å². The van der Waals surface area contributed by atoms with Crippen LogP contribution in [0, 0.1) is 11.1 Å². The van der Waals surface area contributed by atoms with Crippen LogP contribution in [-0.2, 0) is 14.1 Å². The highest BCUT2D eigenvalue weighted by Gasteiger charge is 2.16. The Morgan fingerprint density at radius 3 is 2.50 bits per heavy atom. The molecule has 1 atom stereocenters. The van der Waals surface area contributed by atoms with Crippen LogP contribution in [0.1, 0.15) is 20.3 Å². The molecule has 0 aliphatic rings. The van der Waals surface area contributed by atoms with Crippen molar-refractivity contribution in [2.45, 2.75) is 39.9 Å². The fraction of sp³-hybridized carbons (Fsp3) is 0.800. The van der Waals surface area contributed by atoms with Crippen LogP contribution < -0.4 is 0 Å². The number of rotatable bonds is 6. The molecule has 16 heavy (non-hydrogen) atoms. The number of nitrogens with zero attached hydrogens (tertiary/aromatic N) is 1. The molecule has 0 aliphatic carbocycles. The minimum Gasteiger partial charge on any atom is -0.466 e. The number of carbonyl (C=O) groups excluding carboxylic acids is 1. The smallest absolute Gasteiger partial charge is 0.306 e. The maximum atomic E-state index is 11.3. The van der Waals surface area contributed by atoms with Crippen molar-refractivity contribution in [1.82, 2.24) is 0 Å². The monoisotopic (exact) mass is 247 g/mol. The third-order valence-corrected chi connectivity index (χ3v) is 2.26. The van der Waals surface area contributed by atoms with Gasteiger partial charge in [0.2, 0.25) is 6.21 Å². The standard InChI is InChI=1S/C10H21NO4Si/c1-6-14-10(12)7-9(2)8-11(13)15-16(3,4)5/h8-9H,6-7H2,1-5H3/b11-8-. The third kappa shape index (κ3) is 8.28. The predicted molar refractivity (Wildman–Crippen MR) is 64.5 cm³/mol. The second-order valence-electron chi connectivity index (χ2n) is 4.62. The maximum absolute atomic E-state index is 11.3. The first-order chi connectivity index (χ1) is 7.24. The molecule has 94 valence electrons. The van der Waals surface area contributed by atoms with Gasteiger partial charge >= 0.3 is 5.97 Å². The number of esters is 1. The Morgan fingerprint density at radius 2 is 2.06 bits per heavy atom. The lowest BCUT2D eigenvalue weighted by Gasteiger charge is -2.19. The molecule has 0 bridgehead atoms. The van der Waals surface area contributed by atoms with Gasteiger partial charge in [-0.25, -0.2) is 0 Å². The summed E-state index contributed by atoms with van der Waals surface area (Å²) in [6.45, 7) is 9.64. The van der Waals surface area contributed by atoms with Gasteiger partial charge in [0.15, 0.2) is 8.32 Å². The molecule has 0 aromatic rings. The molecule has 0 saturated carbocycles. The zero-order chi connectivity index (χ0) is 12.8. The van der Waals surface area contributed by atoms with E-state index in [0.717, 1.165) is 0 Å². The lowest BCUT2D eigenvalue weighted by molar-refractivity contribution is -0.701. The molecule has 0 rings (SSSR count). The summed E-state index contributed by atoms with van der Waals surface area (Å²) in [6, 6.07) is 0. The van der Waals surface area contributed by atoms with Gasteiger partial charge in [-0.2, -0.15) is 0 Å². The minimum atomic E-state index is -1.88. The van der Waals surface area contributed by atoms with Crippen LogP contribution >= 0.6 is 0 Å². The highest BCUT2D eigenvalue weighted by molar-refractivity contribution is 6.69. The van der Waals surface area contributed by atoms with Gasteiger partial charge in [0.05, 0.1) is 18.9 Å². The van der Waals surface area contributed by atoms with Crippen molar-refractivity contribution >= 4 is 20.5 Å². The lowest BCUT2D eigenvalue weighted by Crippen LogP contribution is -2.30. The molecule has 0 radical (unpaired) electrons. The molecule has 6 heteroatoms. The van der Waals surface area contributed by atoms with Gasteiger partial charge in [-0.3, -0.25) is 10.0 Å². The summed E-state index contributed by atoms with van der Waals surface area (Å²) in [6.07, 6.45) is 1.55. The van der Waals surface area contributed by atoms with Crippen LogP contribution in [0.5, 0.6) is 0 Å². The quantitative estimate of drug-likeness (QED) is 0.236. The predicted octanol–water partition coefficient (Wildman–Crippen LogP) is 1.92. The Labute approximate surface area is 97.7 Å². The minimum absolute atomic E-state index is 0.187. The van der Waals surface area contributed by atoms with Gasteiger partial charge in [-0.1, -0.05) is 26.6 Å². The van der Waals surface area contributed by atoms with E-state index in [4.69, 9.17) is 9.26 Å². The number of ether oxygens (including phenoxy) is 1. The Morgan fingerprint density at radius 1 is 1.50 bits per heavy atom. The number of carbonyl (C=O) groups is 1. The topological polar surface area (TPSA) is 61.6 Å². The van der Waals surface area contributed by atoms with Crippen LogP contribution in [0.25, 0.3) is 0 Å². The maximum Gasteiger partial charge on any atom is 0.306 e. The highest BCUT2D eigenvalue weighted by Crippen LogP contribution is 2.04. The zero-order valence-corrected chi connectivity index (χ0v) is 11.6. The average molecular weight is 247 g/mol. The van der Waals surface area contributed by atoms with E-state index in [0.29, 0.717) is 11.5 Å². The molecule has 0 aromatic carbocycles. The van der Waals surface area contributed by atoms with Crippen molar-refractivity contribution in [2.24, 2.45) is 5.92 Å². The molecule has 0 spiro atoms. The summed E-state index contributed by atoms with van der Waals surface area (Å²) >= 11 is 0. The lowest BCUT2D eigenvalue weighted by atomic mass is 10.1. The normalized spacial score (nSPS) is 14.4. The average Bonchev–Trinajstić information content (AvgIpc) is 1.98. The van der Waals surface area contributed by atoms with Crippen LogP contribution in [0.15, 0.2) is 0 Å². The first-order valence-corrected chi connectivity index (χ1v) is 8.81. The zero-order valence-electron chi connectivity index (χ0n) is 10.6. The Balaban J connectivity index is 4.15. The molecule has 0 amide bonds. The molecule has 0 heterocycles. The molecular formula is C10H21NO4Si. The SMILES string of the molecule is CCOC(=O)CC(C)/C=[N+](/[O-])O[Si](C)(C)C. The second-order valence-corrected chi connectivity index (χ2v) is 9.03. The first kappa shape index (κ1) is 15.0. The molecule has 0 N–H and O–H groups in total. The van der Waals surface area contributed by atoms with Gasteiger partial charge in [0.1, 0.15) is 0 Å². The van der Waals surface area contributed by atoms with Crippen LogP contribution in [-0.4, -0.2) is 32.0 Å². The van der Waals surface area contributed by atoms with Crippen molar-refractivity contribution in [3.63, 3.8) is 0 Å². The molecule has 5 nitrogen and oxygen atoms in total. The van der Waals surface area contributed by atoms with Crippen molar-refractivity contribution in [1.29, 1.82) is 0 Å². The summed E-state index contributed by atoms with van der Waals surface area (Å²) in [7, 11) is -1.88. The van der Waals surface area contributed by atoms with Gasteiger partial charge in [0.25, 0.3) is 0 Å². The van der Waals surface area contributed by atoms with Gasteiger partial charge in [0, 0.05) is 4.90 Å². The molecule has 1 unspecified atom stereocenters. The van der Waals surface area contributed by atoms with Crippen LogP contribution in [0.3, 0.4) is 0 Å². The third-order valence-electron chi connectivity index (χ3n) is 1.53. The van der Waals surface area contributed by atoms with Gasteiger partial charge in [-0.05, 0) is 6.92 Å².